The Morgan fingerprint density at radius 1 is 0.938 bits per heavy atom. The summed E-state index contributed by atoms with van der Waals surface area (Å²) in [6, 6.07) is 8.97. The first-order valence-electron chi connectivity index (χ1n) is 16.3. The van der Waals surface area contributed by atoms with Gasteiger partial charge in [-0.3, -0.25) is 14.4 Å². The largest absolute Gasteiger partial charge is 0.444 e. The summed E-state index contributed by atoms with van der Waals surface area (Å²) < 4.78 is 58.9. The Hall–Kier alpha value is -4.16. The van der Waals surface area contributed by atoms with Gasteiger partial charge in [-0.05, 0) is 82.1 Å². The number of hydrogen-bond acceptors (Lipinski definition) is 5. The van der Waals surface area contributed by atoms with E-state index in [1.54, 1.807) is 25.7 Å². The van der Waals surface area contributed by atoms with Crippen molar-refractivity contribution >= 4 is 23.8 Å². The number of benzene rings is 2. The van der Waals surface area contributed by atoms with Gasteiger partial charge in [0.15, 0.2) is 0 Å². The minimum Gasteiger partial charge on any atom is -0.444 e. The monoisotopic (exact) mass is 678 g/mol. The second kappa shape index (κ2) is 17.3. The second-order valence-electron chi connectivity index (χ2n) is 13.2. The van der Waals surface area contributed by atoms with E-state index < -0.39 is 53.1 Å². The molecule has 1 aliphatic rings. The van der Waals surface area contributed by atoms with E-state index in [1.807, 2.05) is 37.3 Å². The van der Waals surface area contributed by atoms with Crippen molar-refractivity contribution < 1.29 is 41.5 Å². The number of rotatable bonds is 15. The molecule has 13 heteroatoms. The van der Waals surface area contributed by atoms with Crippen molar-refractivity contribution in [2.45, 2.75) is 103 Å². The van der Waals surface area contributed by atoms with E-state index in [2.05, 4.69) is 16.0 Å². The number of alkyl carbamates (subject to hydrolysis) is 1. The molecule has 2 aromatic rings. The zero-order chi connectivity index (χ0) is 35.5. The summed E-state index contributed by atoms with van der Waals surface area (Å²) in [5.41, 5.74) is -1.48. The average molecular weight is 679 g/mol. The van der Waals surface area contributed by atoms with Crippen LogP contribution in [0.2, 0.25) is 0 Å². The van der Waals surface area contributed by atoms with E-state index in [0.29, 0.717) is 44.0 Å². The number of aryl methyl sites for hydroxylation is 1. The van der Waals surface area contributed by atoms with E-state index in [4.69, 9.17) is 4.74 Å². The Balaban J connectivity index is 1.81. The maximum atomic E-state index is 13.8. The Bertz CT molecular complexity index is 1390. The van der Waals surface area contributed by atoms with Crippen molar-refractivity contribution in [1.29, 1.82) is 0 Å². The van der Waals surface area contributed by atoms with Crippen LogP contribution in [0.25, 0.3) is 0 Å². The lowest BCUT2D eigenvalue weighted by molar-refractivity contribution is -0.140. The molecule has 0 aromatic heterocycles. The minimum absolute atomic E-state index is 0.00255. The standard InChI is InChI=1S/C35H46F4N4O5/c1-5-18-43(22-24-12-9-13-24)30(44)20-29(42-33(47)48-34(2,3)4)32(46)41-28(17-15-23-10-7-6-8-11-23)31(45)40-21-25-14-16-27(36)26(19-25)35(37,38)39/h6-8,10-11,14,16,19,24,28-29H,5,9,12-13,15,17-18,20-22H2,1-4H3,(H,40,45)(H,41,46)(H,42,47). The third kappa shape index (κ3) is 12.5. The zero-order valence-corrected chi connectivity index (χ0v) is 27.9. The van der Waals surface area contributed by atoms with Crippen molar-refractivity contribution in [3.05, 3.63) is 71.0 Å². The quantitative estimate of drug-likeness (QED) is 0.203. The van der Waals surface area contributed by atoms with Crippen LogP contribution in [0.5, 0.6) is 0 Å². The molecule has 0 aliphatic heterocycles. The first-order chi connectivity index (χ1) is 22.6. The third-order valence-corrected chi connectivity index (χ3v) is 7.94. The van der Waals surface area contributed by atoms with Crippen LogP contribution in [0, 0.1) is 11.7 Å². The molecular weight excluding hydrogens is 632 g/mol. The van der Waals surface area contributed by atoms with Crippen LogP contribution in [-0.2, 0) is 38.3 Å². The predicted octanol–water partition coefficient (Wildman–Crippen LogP) is 5.90. The third-order valence-electron chi connectivity index (χ3n) is 7.94. The molecule has 3 rings (SSSR count). The summed E-state index contributed by atoms with van der Waals surface area (Å²) in [5.74, 6) is -2.90. The van der Waals surface area contributed by atoms with Crippen LogP contribution in [-0.4, -0.2) is 59.5 Å². The van der Waals surface area contributed by atoms with E-state index >= 15 is 0 Å². The molecule has 48 heavy (non-hydrogen) atoms. The van der Waals surface area contributed by atoms with Gasteiger partial charge in [0.1, 0.15) is 23.5 Å². The van der Waals surface area contributed by atoms with Crippen molar-refractivity contribution in [3.8, 4) is 0 Å². The van der Waals surface area contributed by atoms with Gasteiger partial charge in [0.25, 0.3) is 0 Å². The Kier molecular flexibility index (Phi) is 13.8. The van der Waals surface area contributed by atoms with Crippen molar-refractivity contribution in [3.63, 3.8) is 0 Å². The van der Waals surface area contributed by atoms with Gasteiger partial charge in [0, 0.05) is 19.6 Å². The summed E-state index contributed by atoms with van der Waals surface area (Å²) >= 11 is 0. The molecule has 2 unspecified atom stereocenters. The average Bonchev–Trinajstić information content (AvgIpc) is 2.98. The van der Waals surface area contributed by atoms with E-state index in [9.17, 15) is 36.7 Å². The maximum absolute atomic E-state index is 13.8. The molecule has 2 atom stereocenters. The lowest BCUT2D eigenvalue weighted by atomic mass is 9.85. The number of carbonyl (C=O) groups is 4. The van der Waals surface area contributed by atoms with Crippen LogP contribution in [0.3, 0.4) is 0 Å². The molecule has 1 saturated carbocycles. The zero-order valence-electron chi connectivity index (χ0n) is 27.9. The molecule has 0 heterocycles. The highest BCUT2D eigenvalue weighted by Crippen LogP contribution is 2.32. The van der Waals surface area contributed by atoms with E-state index in [-0.39, 0.29) is 30.9 Å². The minimum atomic E-state index is -4.92. The summed E-state index contributed by atoms with van der Waals surface area (Å²) in [5, 5.41) is 7.66. The smallest absolute Gasteiger partial charge is 0.419 e. The van der Waals surface area contributed by atoms with Gasteiger partial charge in [-0.25, -0.2) is 9.18 Å². The number of carbonyl (C=O) groups excluding carboxylic acids is 4. The lowest BCUT2D eigenvalue weighted by Crippen LogP contribution is -2.55. The number of amides is 4. The van der Waals surface area contributed by atoms with Crippen molar-refractivity contribution in [2.75, 3.05) is 13.1 Å². The van der Waals surface area contributed by atoms with Crippen LogP contribution >= 0.6 is 0 Å². The fourth-order valence-corrected chi connectivity index (χ4v) is 5.25. The summed E-state index contributed by atoms with van der Waals surface area (Å²) in [6.07, 6.45) is -1.94. The highest BCUT2D eigenvalue weighted by Gasteiger charge is 2.35. The maximum Gasteiger partial charge on any atom is 0.419 e. The van der Waals surface area contributed by atoms with Crippen LogP contribution in [0.1, 0.15) is 82.9 Å². The molecule has 0 bridgehead atoms. The van der Waals surface area contributed by atoms with Crippen LogP contribution in [0.4, 0.5) is 22.4 Å². The molecule has 0 spiro atoms. The number of hydrogen-bond donors (Lipinski definition) is 3. The number of ether oxygens (including phenoxy) is 1. The Morgan fingerprint density at radius 3 is 2.21 bits per heavy atom. The van der Waals surface area contributed by atoms with Gasteiger partial charge in [0.05, 0.1) is 12.0 Å². The first kappa shape index (κ1) is 38.3. The van der Waals surface area contributed by atoms with Gasteiger partial charge < -0.3 is 25.6 Å². The van der Waals surface area contributed by atoms with Gasteiger partial charge >= 0.3 is 12.3 Å². The second-order valence-corrected chi connectivity index (χ2v) is 13.2. The SMILES string of the molecule is CCCN(CC1CCC1)C(=O)CC(NC(=O)OC(C)(C)C)C(=O)NC(CCc1ccccc1)C(=O)NCc1ccc(F)c(C(F)(F)F)c1. The molecule has 3 N–H and O–H groups in total. The van der Waals surface area contributed by atoms with Gasteiger partial charge in [0.2, 0.25) is 17.7 Å². The fourth-order valence-electron chi connectivity index (χ4n) is 5.25. The summed E-state index contributed by atoms with van der Waals surface area (Å²) in [4.78, 5) is 55.1. The number of nitrogens with zero attached hydrogens (tertiary/aromatic N) is 1. The predicted molar refractivity (Wildman–Crippen MR) is 172 cm³/mol. The first-order valence-corrected chi connectivity index (χ1v) is 16.3. The van der Waals surface area contributed by atoms with Crippen LogP contribution < -0.4 is 16.0 Å². The van der Waals surface area contributed by atoms with Gasteiger partial charge in [-0.1, -0.05) is 49.7 Å². The topological polar surface area (TPSA) is 117 Å². The molecular formula is C35H46F4N4O5. The highest BCUT2D eigenvalue weighted by atomic mass is 19.4. The number of alkyl halides is 3. The van der Waals surface area contributed by atoms with E-state index in [0.717, 1.165) is 30.9 Å². The molecule has 0 saturated heterocycles. The Labute approximate surface area is 279 Å². The molecule has 1 fully saturated rings. The lowest BCUT2D eigenvalue weighted by Gasteiger charge is -2.33. The van der Waals surface area contributed by atoms with Gasteiger partial charge in [-0.2, -0.15) is 13.2 Å². The molecule has 9 nitrogen and oxygen atoms in total. The highest BCUT2D eigenvalue weighted by molar-refractivity contribution is 5.94. The fraction of sp³-hybridized carbons (Fsp3) is 0.543. The van der Waals surface area contributed by atoms with Gasteiger partial charge in [-0.15, -0.1) is 0 Å². The summed E-state index contributed by atoms with van der Waals surface area (Å²) in [7, 11) is 0. The normalized spacial score (nSPS) is 14.7. The van der Waals surface area contributed by atoms with Crippen LogP contribution in [0.15, 0.2) is 48.5 Å². The van der Waals surface area contributed by atoms with Crippen molar-refractivity contribution in [1.82, 2.24) is 20.9 Å². The Morgan fingerprint density at radius 2 is 1.62 bits per heavy atom. The molecule has 1 aliphatic carbocycles. The number of halogens is 4. The molecule has 264 valence electrons. The number of nitrogens with one attached hydrogen (secondary N) is 3. The molecule has 0 radical (unpaired) electrons. The molecule has 2 aromatic carbocycles. The molecule has 4 amide bonds. The van der Waals surface area contributed by atoms with E-state index in [1.165, 1.54) is 0 Å². The van der Waals surface area contributed by atoms with Crippen molar-refractivity contribution in [2.24, 2.45) is 5.92 Å². The summed E-state index contributed by atoms with van der Waals surface area (Å²) in [6.45, 7) is 7.55.